The van der Waals surface area contributed by atoms with Crippen LogP contribution in [0.3, 0.4) is 0 Å². The number of carbonyl (C=O) groups excluding carboxylic acids is 1. The molecule has 1 aliphatic carbocycles. The number of nitrogens with zero attached hydrogens (tertiary/aromatic N) is 5. The van der Waals surface area contributed by atoms with E-state index in [1.165, 1.54) is 25.1 Å². The Kier molecular flexibility index (Phi) is 6.36. The van der Waals surface area contributed by atoms with Crippen molar-refractivity contribution in [2.24, 2.45) is 7.05 Å². The average Bonchev–Trinajstić information content (AvgIpc) is 3.67. The van der Waals surface area contributed by atoms with Crippen LogP contribution in [0.25, 0.3) is 22.6 Å². The number of alkyl halides is 3. The predicted molar refractivity (Wildman–Crippen MR) is 130 cm³/mol. The van der Waals surface area contributed by atoms with E-state index in [0.717, 1.165) is 36.6 Å². The summed E-state index contributed by atoms with van der Waals surface area (Å²) in [5.74, 6) is 0.872. The van der Waals surface area contributed by atoms with E-state index in [4.69, 9.17) is 4.74 Å². The van der Waals surface area contributed by atoms with E-state index in [1.807, 2.05) is 0 Å². The number of carbonyl (C=O) groups is 1. The number of ether oxygens (including phenoxy) is 1. The van der Waals surface area contributed by atoms with Gasteiger partial charge in [-0.2, -0.15) is 13.2 Å². The fourth-order valence-electron chi connectivity index (χ4n) is 4.21. The summed E-state index contributed by atoms with van der Waals surface area (Å²) in [4.78, 5) is 29.0. The number of aldehydes is 1. The molecule has 5 rings (SSSR count). The highest BCUT2D eigenvalue weighted by atomic mass is 19.4. The van der Waals surface area contributed by atoms with Crippen LogP contribution in [-0.4, -0.2) is 37.9 Å². The zero-order valence-electron chi connectivity index (χ0n) is 20.1. The smallest absolute Gasteiger partial charge is 0.434 e. The Morgan fingerprint density at radius 3 is 2.51 bits per heavy atom. The average molecular weight is 509 g/mol. The van der Waals surface area contributed by atoms with Gasteiger partial charge >= 0.3 is 6.18 Å². The number of imidazole rings is 1. The molecule has 3 aromatic heterocycles. The second kappa shape index (κ2) is 9.64. The lowest BCUT2D eigenvalue weighted by atomic mass is 10.0. The Hall–Kier alpha value is -4.28. The highest BCUT2D eigenvalue weighted by Crippen LogP contribution is 2.46. The number of hydrogen-bond acceptors (Lipinski definition) is 7. The van der Waals surface area contributed by atoms with E-state index in [2.05, 4.69) is 25.3 Å². The van der Waals surface area contributed by atoms with Crippen molar-refractivity contribution in [1.82, 2.24) is 24.5 Å². The van der Waals surface area contributed by atoms with E-state index in [-0.39, 0.29) is 11.7 Å². The van der Waals surface area contributed by atoms with Crippen molar-refractivity contribution < 1.29 is 22.7 Å². The topological polar surface area (TPSA) is 94.8 Å². The molecule has 0 spiro atoms. The number of aryl methyl sites for hydroxylation is 1. The summed E-state index contributed by atoms with van der Waals surface area (Å²) in [6.45, 7) is 0.372. The lowest BCUT2D eigenvalue weighted by Crippen LogP contribution is -2.07. The molecule has 0 bridgehead atoms. The number of benzene rings is 1. The number of hydrogen-bond donors (Lipinski definition) is 1. The second-order valence-corrected chi connectivity index (χ2v) is 8.76. The van der Waals surface area contributed by atoms with Gasteiger partial charge < -0.3 is 14.6 Å². The highest BCUT2D eigenvalue weighted by molar-refractivity contribution is 5.94. The highest BCUT2D eigenvalue weighted by Gasteiger charge is 2.34. The van der Waals surface area contributed by atoms with Gasteiger partial charge in [-0.05, 0) is 24.5 Å². The normalized spacial score (nSPS) is 13.4. The van der Waals surface area contributed by atoms with Crippen LogP contribution < -0.4 is 10.1 Å². The summed E-state index contributed by atoms with van der Waals surface area (Å²) in [5.41, 5.74) is 3.32. The zero-order valence-corrected chi connectivity index (χ0v) is 20.1. The van der Waals surface area contributed by atoms with Crippen molar-refractivity contribution in [3.63, 3.8) is 0 Å². The molecule has 190 valence electrons. The van der Waals surface area contributed by atoms with E-state index in [9.17, 15) is 18.0 Å². The molecule has 1 fully saturated rings. The van der Waals surface area contributed by atoms with E-state index < -0.39 is 11.9 Å². The summed E-state index contributed by atoms with van der Waals surface area (Å²) in [6.07, 6.45) is 2.29. The maximum Gasteiger partial charge on any atom is 0.434 e. The summed E-state index contributed by atoms with van der Waals surface area (Å²) in [7, 11) is 3.04. The predicted octanol–water partition coefficient (Wildman–Crippen LogP) is 5.27. The SMILES string of the molecule is COc1ncnc(C2CC2)c1-c1nccc(NCc2ccc(-c3nc(C(F)(F)F)cn3C)cc2)c1C=O. The molecule has 1 aliphatic rings. The largest absolute Gasteiger partial charge is 0.480 e. The van der Waals surface area contributed by atoms with Gasteiger partial charge in [-0.3, -0.25) is 9.78 Å². The molecule has 4 aromatic rings. The van der Waals surface area contributed by atoms with Crippen molar-refractivity contribution >= 4 is 12.0 Å². The molecule has 11 heteroatoms. The maximum absolute atomic E-state index is 13.0. The Labute approximate surface area is 210 Å². The monoisotopic (exact) mass is 508 g/mol. The van der Waals surface area contributed by atoms with Crippen LogP contribution in [0.1, 0.15) is 46.1 Å². The Balaban J connectivity index is 1.39. The summed E-state index contributed by atoms with van der Waals surface area (Å²) < 4.78 is 45.8. The van der Waals surface area contributed by atoms with Gasteiger partial charge in [0.2, 0.25) is 5.88 Å². The fraction of sp³-hybridized carbons (Fsp3) is 0.269. The fourth-order valence-corrected chi connectivity index (χ4v) is 4.21. The second-order valence-electron chi connectivity index (χ2n) is 8.76. The lowest BCUT2D eigenvalue weighted by molar-refractivity contribution is -0.140. The molecule has 1 N–H and O–H groups in total. The van der Waals surface area contributed by atoms with Gasteiger partial charge in [0.1, 0.15) is 12.2 Å². The number of anilines is 1. The van der Waals surface area contributed by atoms with Gasteiger partial charge in [0.15, 0.2) is 12.0 Å². The number of rotatable bonds is 8. The van der Waals surface area contributed by atoms with Crippen LogP contribution in [0.2, 0.25) is 0 Å². The molecule has 0 unspecified atom stereocenters. The lowest BCUT2D eigenvalue weighted by Gasteiger charge is -2.15. The zero-order chi connectivity index (χ0) is 26.2. The molecule has 1 saturated carbocycles. The van der Waals surface area contributed by atoms with Crippen molar-refractivity contribution in [3.8, 4) is 28.5 Å². The van der Waals surface area contributed by atoms with Crippen LogP contribution in [0.4, 0.5) is 18.9 Å². The van der Waals surface area contributed by atoms with Crippen LogP contribution in [0.5, 0.6) is 5.88 Å². The molecule has 0 aliphatic heterocycles. The van der Waals surface area contributed by atoms with Crippen LogP contribution in [0.15, 0.2) is 49.1 Å². The van der Waals surface area contributed by atoms with Gasteiger partial charge in [-0.25, -0.2) is 15.0 Å². The van der Waals surface area contributed by atoms with E-state index in [0.29, 0.717) is 40.5 Å². The molecule has 1 aromatic carbocycles. The Bertz CT molecular complexity index is 1450. The Morgan fingerprint density at radius 2 is 1.89 bits per heavy atom. The number of aromatic nitrogens is 5. The van der Waals surface area contributed by atoms with Crippen molar-refractivity contribution in [2.75, 3.05) is 12.4 Å². The van der Waals surface area contributed by atoms with Crippen molar-refractivity contribution in [2.45, 2.75) is 31.5 Å². The minimum Gasteiger partial charge on any atom is -0.480 e. The molecule has 8 nitrogen and oxygen atoms in total. The summed E-state index contributed by atoms with van der Waals surface area (Å²) in [6, 6.07) is 8.73. The third-order valence-electron chi connectivity index (χ3n) is 6.21. The molecular weight excluding hydrogens is 485 g/mol. The van der Waals surface area contributed by atoms with Gasteiger partial charge in [-0.1, -0.05) is 24.3 Å². The number of methoxy groups -OCH3 is 1. The number of nitrogens with one attached hydrogen (secondary N) is 1. The minimum absolute atomic E-state index is 0.222. The van der Waals surface area contributed by atoms with E-state index in [1.54, 1.807) is 36.5 Å². The first-order valence-corrected chi connectivity index (χ1v) is 11.6. The van der Waals surface area contributed by atoms with Gasteiger partial charge in [0, 0.05) is 43.2 Å². The maximum atomic E-state index is 13.0. The minimum atomic E-state index is -4.51. The number of halogens is 3. The van der Waals surface area contributed by atoms with Crippen molar-refractivity contribution in [1.29, 1.82) is 0 Å². The first kappa shape index (κ1) is 24.4. The van der Waals surface area contributed by atoms with Crippen LogP contribution in [-0.2, 0) is 19.8 Å². The molecule has 3 heterocycles. The third kappa shape index (κ3) is 4.89. The molecule has 37 heavy (non-hydrogen) atoms. The molecule has 0 atom stereocenters. The van der Waals surface area contributed by atoms with Crippen molar-refractivity contribution in [3.05, 3.63) is 71.6 Å². The molecule has 0 saturated heterocycles. The summed E-state index contributed by atoms with van der Waals surface area (Å²) in [5, 5.41) is 3.26. The first-order chi connectivity index (χ1) is 17.8. The molecule has 0 amide bonds. The van der Waals surface area contributed by atoms with Crippen LogP contribution >= 0.6 is 0 Å². The summed E-state index contributed by atoms with van der Waals surface area (Å²) >= 11 is 0. The van der Waals surface area contributed by atoms with Gasteiger partial charge in [0.05, 0.1) is 29.6 Å². The third-order valence-corrected chi connectivity index (χ3v) is 6.21. The van der Waals surface area contributed by atoms with E-state index >= 15 is 0 Å². The van der Waals surface area contributed by atoms with Gasteiger partial charge in [-0.15, -0.1) is 0 Å². The molecular formula is C26H23F3N6O2. The quantitative estimate of drug-likeness (QED) is 0.324. The first-order valence-electron chi connectivity index (χ1n) is 11.6. The molecule has 0 radical (unpaired) electrons. The Morgan fingerprint density at radius 1 is 1.14 bits per heavy atom. The number of pyridine rings is 1. The van der Waals surface area contributed by atoms with Gasteiger partial charge in [0.25, 0.3) is 0 Å². The standard InChI is InChI=1S/C26H23F3N6O2/c1-35-12-20(26(27,28)29)34-24(35)17-5-3-15(4-6-17)11-31-19-9-10-30-23(18(19)13-36)21-22(16-7-8-16)32-14-33-25(21)37-2/h3-6,9-10,12-14,16H,7-8,11H2,1-2H3,(H,30,31). The van der Waals surface area contributed by atoms with Crippen LogP contribution in [0, 0.1) is 0 Å².